The highest BCUT2D eigenvalue weighted by Gasteiger charge is 2.35. The normalized spacial score (nSPS) is 15.6. The fraction of sp³-hybridized carbons (Fsp3) is 0.174. The van der Waals surface area contributed by atoms with Gasteiger partial charge in [0.2, 0.25) is 0 Å². The molecule has 0 spiro atoms. The van der Waals surface area contributed by atoms with E-state index in [-0.39, 0.29) is 12.1 Å². The Morgan fingerprint density at radius 1 is 1.06 bits per heavy atom. The Balaban J connectivity index is 1.59. The van der Waals surface area contributed by atoms with E-state index in [1.807, 2.05) is 17.5 Å². The van der Waals surface area contributed by atoms with E-state index in [1.54, 1.807) is 24.3 Å². The van der Waals surface area contributed by atoms with Gasteiger partial charge in [-0.05, 0) is 29.6 Å². The molecule has 1 aliphatic rings. The summed E-state index contributed by atoms with van der Waals surface area (Å²) in [6.07, 6.45) is 0.359. The summed E-state index contributed by atoms with van der Waals surface area (Å²) in [5, 5.41) is 7.60. The highest BCUT2D eigenvalue weighted by molar-refractivity contribution is 7.12. The van der Waals surface area contributed by atoms with E-state index in [9.17, 15) is 18.4 Å². The number of nitrogens with zero attached hydrogens (tertiary/aromatic N) is 3. The molecule has 2 heterocycles. The SMILES string of the molecule is CN(CC(=O)N1N=C(c2cccs2)C[C@@H]1c1ccccc1F)C(=O)c1ccccc1F. The summed E-state index contributed by atoms with van der Waals surface area (Å²) in [6, 6.07) is 15.0. The molecule has 0 radical (unpaired) electrons. The van der Waals surface area contributed by atoms with E-state index in [0.29, 0.717) is 17.7 Å². The second kappa shape index (κ2) is 8.77. The number of thiophene rings is 1. The summed E-state index contributed by atoms with van der Waals surface area (Å²) >= 11 is 1.48. The molecule has 0 fully saturated rings. The number of hydrogen-bond donors (Lipinski definition) is 0. The number of likely N-dealkylation sites (N-methyl/N-ethyl adjacent to an activating group) is 1. The molecule has 158 valence electrons. The first-order chi connectivity index (χ1) is 15.0. The average molecular weight is 439 g/mol. The van der Waals surface area contributed by atoms with Crippen LogP contribution in [0.2, 0.25) is 0 Å². The third-order valence-corrected chi connectivity index (χ3v) is 5.98. The highest BCUT2D eigenvalue weighted by Crippen LogP contribution is 2.35. The molecule has 1 aliphatic heterocycles. The fourth-order valence-corrected chi connectivity index (χ4v) is 4.23. The topological polar surface area (TPSA) is 53.0 Å². The minimum atomic E-state index is -0.657. The Morgan fingerprint density at radius 3 is 2.45 bits per heavy atom. The Kier molecular flexibility index (Phi) is 5.90. The minimum absolute atomic E-state index is 0.118. The van der Waals surface area contributed by atoms with E-state index >= 15 is 0 Å². The van der Waals surface area contributed by atoms with Crippen molar-refractivity contribution in [3.63, 3.8) is 0 Å². The molecule has 3 aromatic rings. The first-order valence-electron chi connectivity index (χ1n) is 9.63. The molecule has 8 heteroatoms. The van der Waals surface area contributed by atoms with Crippen molar-refractivity contribution in [2.75, 3.05) is 13.6 Å². The second-order valence-electron chi connectivity index (χ2n) is 7.14. The van der Waals surface area contributed by atoms with Gasteiger partial charge in [0.25, 0.3) is 11.8 Å². The van der Waals surface area contributed by atoms with Gasteiger partial charge >= 0.3 is 0 Å². The molecular formula is C23H19F2N3O2S. The molecule has 0 saturated heterocycles. The van der Waals surface area contributed by atoms with Crippen molar-refractivity contribution in [3.05, 3.63) is 93.7 Å². The number of carbonyl (C=O) groups excluding carboxylic acids is 2. The molecule has 0 saturated carbocycles. The van der Waals surface area contributed by atoms with E-state index in [0.717, 1.165) is 9.78 Å². The number of halogens is 2. The van der Waals surface area contributed by atoms with Crippen molar-refractivity contribution in [3.8, 4) is 0 Å². The number of benzene rings is 2. The van der Waals surface area contributed by atoms with Crippen molar-refractivity contribution >= 4 is 28.9 Å². The van der Waals surface area contributed by atoms with Gasteiger partial charge in [0.1, 0.15) is 18.2 Å². The van der Waals surface area contributed by atoms with E-state index in [1.165, 1.54) is 47.7 Å². The Bertz CT molecular complexity index is 1150. The van der Waals surface area contributed by atoms with Crippen LogP contribution in [0.4, 0.5) is 8.78 Å². The zero-order valence-corrected chi connectivity index (χ0v) is 17.5. The van der Waals surface area contributed by atoms with E-state index in [2.05, 4.69) is 5.10 Å². The molecule has 1 aromatic heterocycles. The van der Waals surface area contributed by atoms with Crippen LogP contribution in [0.3, 0.4) is 0 Å². The van der Waals surface area contributed by atoms with Crippen LogP contribution < -0.4 is 0 Å². The first kappa shape index (κ1) is 20.9. The van der Waals surface area contributed by atoms with Crippen LogP contribution in [0.15, 0.2) is 71.1 Å². The number of hydrazone groups is 1. The van der Waals surface area contributed by atoms with Crippen molar-refractivity contribution < 1.29 is 18.4 Å². The van der Waals surface area contributed by atoms with Crippen LogP contribution in [0.25, 0.3) is 0 Å². The summed E-state index contributed by atoms with van der Waals surface area (Å²) in [4.78, 5) is 27.7. The van der Waals surface area contributed by atoms with Crippen molar-refractivity contribution in [2.45, 2.75) is 12.5 Å². The van der Waals surface area contributed by atoms with Crippen molar-refractivity contribution in [1.29, 1.82) is 0 Å². The first-order valence-corrected chi connectivity index (χ1v) is 10.5. The van der Waals surface area contributed by atoms with Gasteiger partial charge in [0.05, 0.1) is 22.2 Å². The molecule has 2 amide bonds. The molecule has 5 nitrogen and oxygen atoms in total. The fourth-order valence-electron chi connectivity index (χ4n) is 3.51. The summed E-state index contributed by atoms with van der Waals surface area (Å²) in [7, 11) is 1.42. The Hall–Kier alpha value is -3.39. The maximum atomic E-state index is 14.5. The zero-order valence-electron chi connectivity index (χ0n) is 16.7. The predicted octanol–water partition coefficient (Wildman–Crippen LogP) is 4.48. The quantitative estimate of drug-likeness (QED) is 0.589. The van der Waals surface area contributed by atoms with Crippen LogP contribution in [0, 0.1) is 11.6 Å². The maximum absolute atomic E-state index is 14.5. The second-order valence-corrected chi connectivity index (χ2v) is 8.09. The van der Waals surface area contributed by atoms with Crippen LogP contribution in [-0.2, 0) is 4.79 Å². The molecular weight excluding hydrogens is 420 g/mol. The Labute approximate surface area is 182 Å². The molecule has 0 N–H and O–H groups in total. The average Bonchev–Trinajstić information content (AvgIpc) is 3.44. The van der Waals surface area contributed by atoms with Crippen molar-refractivity contribution in [2.24, 2.45) is 5.10 Å². The predicted molar refractivity (Wildman–Crippen MR) is 115 cm³/mol. The van der Waals surface area contributed by atoms with Crippen LogP contribution in [0.5, 0.6) is 0 Å². The van der Waals surface area contributed by atoms with E-state index < -0.39 is 29.5 Å². The lowest BCUT2D eigenvalue weighted by Gasteiger charge is -2.25. The standard InChI is InChI=1S/C23H19F2N3O2S/c1-27(23(30)16-8-3-5-10-18(16)25)14-22(29)28-20(15-7-2-4-9-17(15)24)13-19(26-28)21-11-6-12-31-21/h2-12,20H,13-14H2,1H3/t20-/m1/s1. The van der Waals surface area contributed by atoms with Crippen molar-refractivity contribution in [1.82, 2.24) is 9.91 Å². The molecule has 1 atom stereocenters. The van der Waals surface area contributed by atoms with Gasteiger partial charge in [-0.15, -0.1) is 11.3 Å². The number of hydrogen-bond acceptors (Lipinski definition) is 4. The third kappa shape index (κ3) is 4.25. The lowest BCUT2D eigenvalue weighted by molar-refractivity contribution is -0.133. The van der Waals surface area contributed by atoms with Gasteiger partial charge in [0.15, 0.2) is 0 Å². The summed E-state index contributed by atoms with van der Waals surface area (Å²) in [5.74, 6) is -2.18. The monoisotopic (exact) mass is 439 g/mol. The Morgan fingerprint density at radius 2 is 1.77 bits per heavy atom. The molecule has 4 rings (SSSR count). The molecule has 2 aromatic carbocycles. The van der Waals surface area contributed by atoms with Gasteiger partial charge in [-0.25, -0.2) is 13.8 Å². The van der Waals surface area contributed by atoms with Crippen LogP contribution in [-0.4, -0.2) is 41.0 Å². The number of carbonyl (C=O) groups is 2. The van der Waals surface area contributed by atoms with Gasteiger partial charge < -0.3 is 4.90 Å². The smallest absolute Gasteiger partial charge is 0.262 e. The van der Waals surface area contributed by atoms with Gasteiger partial charge in [-0.3, -0.25) is 9.59 Å². The number of amides is 2. The van der Waals surface area contributed by atoms with Crippen LogP contribution >= 0.6 is 11.3 Å². The maximum Gasteiger partial charge on any atom is 0.262 e. The van der Waals surface area contributed by atoms with Crippen LogP contribution in [0.1, 0.15) is 33.3 Å². The van der Waals surface area contributed by atoms with E-state index in [4.69, 9.17) is 0 Å². The third-order valence-electron chi connectivity index (χ3n) is 5.06. The minimum Gasteiger partial charge on any atom is -0.332 e. The number of rotatable bonds is 5. The lowest BCUT2D eigenvalue weighted by atomic mass is 10.0. The highest BCUT2D eigenvalue weighted by atomic mass is 32.1. The lowest BCUT2D eigenvalue weighted by Crippen LogP contribution is -2.39. The molecule has 0 unspecified atom stereocenters. The molecule has 31 heavy (non-hydrogen) atoms. The van der Waals surface area contributed by atoms with Gasteiger partial charge in [-0.1, -0.05) is 36.4 Å². The summed E-state index contributed by atoms with van der Waals surface area (Å²) in [6.45, 7) is -0.320. The largest absolute Gasteiger partial charge is 0.332 e. The van der Waals surface area contributed by atoms with Gasteiger partial charge in [0, 0.05) is 19.0 Å². The summed E-state index contributed by atoms with van der Waals surface area (Å²) < 4.78 is 28.5. The molecule has 0 bridgehead atoms. The summed E-state index contributed by atoms with van der Waals surface area (Å²) in [5.41, 5.74) is 0.918. The van der Waals surface area contributed by atoms with Gasteiger partial charge in [-0.2, -0.15) is 5.10 Å². The zero-order chi connectivity index (χ0) is 22.0. The molecule has 0 aliphatic carbocycles.